The first kappa shape index (κ1) is 11.2. The third kappa shape index (κ3) is 2.23. The van der Waals surface area contributed by atoms with E-state index in [4.69, 9.17) is 0 Å². The maximum atomic E-state index is 10.4. The third-order valence-corrected chi connectivity index (χ3v) is 3.99. The molecule has 0 amide bonds. The van der Waals surface area contributed by atoms with E-state index in [1.807, 2.05) is 0 Å². The van der Waals surface area contributed by atoms with Crippen LogP contribution in [-0.2, 0) is 13.0 Å². The molecule has 0 spiro atoms. The van der Waals surface area contributed by atoms with Crippen molar-refractivity contribution in [1.82, 2.24) is 10.2 Å². The van der Waals surface area contributed by atoms with Crippen LogP contribution in [0.3, 0.4) is 0 Å². The van der Waals surface area contributed by atoms with Crippen LogP contribution in [0.15, 0.2) is 24.3 Å². The van der Waals surface area contributed by atoms with Crippen molar-refractivity contribution in [2.45, 2.75) is 38.1 Å². The van der Waals surface area contributed by atoms with Crippen molar-refractivity contribution < 1.29 is 5.11 Å². The van der Waals surface area contributed by atoms with Crippen LogP contribution in [0.25, 0.3) is 0 Å². The average molecular weight is 232 g/mol. The molecule has 92 valence electrons. The first-order valence-corrected chi connectivity index (χ1v) is 6.57. The van der Waals surface area contributed by atoms with E-state index in [-0.39, 0.29) is 12.3 Å². The van der Waals surface area contributed by atoms with E-state index >= 15 is 0 Å². The zero-order chi connectivity index (χ0) is 11.7. The molecule has 0 saturated carbocycles. The first-order chi connectivity index (χ1) is 8.34. The number of aliphatic hydroxyl groups excluding tert-OH is 1. The van der Waals surface area contributed by atoms with Gasteiger partial charge in [0, 0.05) is 19.6 Å². The van der Waals surface area contributed by atoms with Gasteiger partial charge in [0.05, 0.1) is 6.04 Å². The number of hydrogen-bond acceptors (Lipinski definition) is 3. The summed E-state index contributed by atoms with van der Waals surface area (Å²) < 4.78 is 0. The fourth-order valence-electron chi connectivity index (χ4n) is 2.95. The Hall–Kier alpha value is -0.900. The summed E-state index contributed by atoms with van der Waals surface area (Å²) in [5.74, 6) is 0. The molecule has 2 aliphatic heterocycles. The summed E-state index contributed by atoms with van der Waals surface area (Å²) >= 11 is 0. The van der Waals surface area contributed by atoms with E-state index in [1.165, 1.54) is 24.0 Å². The first-order valence-electron chi connectivity index (χ1n) is 6.57. The molecule has 0 aliphatic carbocycles. The lowest BCUT2D eigenvalue weighted by atomic mass is 9.95. The van der Waals surface area contributed by atoms with Crippen LogP contribution in [0.4, 0.5) is 0 Å². The molecule has 3 nitrogen and oxygen atoms in total. The fraction of sp³-hybridized carbons (Fsp3) is 0.571. The van der Waals surface area contributed by atoms with Gasteiger partial charge in [-0.15, -0.1) is 0 Å². The summed E-state index contributed by atoms with van der Waals surface area (Å²) in [7, 11) is 0. The minimum atomic E-state index is -0.328. The van der Waals surface area contributed by atoms with Crippen LogP contribution in [-0.4, -0.2) is 35.4 Å². The Bertz CT molecular complexity index is 388. The molecular formula is C14H20N2O. The Kier molecular flexibility index (Phi) is 3.14. The van der Waals surface area contributed by atoms with E-state index in [0.717, 1.165) is 26.1 Å². The number of benzene rings is 1. The Labute approximate surface area is 102 Å². The number of rotatable bonds is 2. The molecule has 2 heterocycles. The molecule has 17 heavy (non-hydrogen) atoms. The highest BCUT2D eigenvalue weighted by molar-refractivity contribution is 5.30. The Morgan fingerprint density at radius 1 is 1.18 bits per heavy atom. The highest BCUT2D eigenvalue weighted by Gasteiger charge is 2.29. The third-order valence-electron chi connectivity index (χ3n) is 3.99. The van der Waals surface area contributed by atoms with Gasteiger partial charge < -0.3 is 10.4 Å². The second-order valence-electron chi connectivity index (χ2n) is 5.12. The summed E-state index contributed by atoms with van der Waals surface area (Å²) in [6.07, 6.45) is 3.06. The van der Waals surface area contributed by atoms with Gasteiger partial charge in [0.25, 0.3) is 0 Å². The summed E-state index contributed by atoms with van der Waals surface area (Å²) in [4.78, 5) is 2.20. The van der Waals surface area contributed by atoms with Crippen LogP contribution in [0, 0.1) is 0 Å². The average Bonchev–Trinajstić information content (AvgIpc) is 2.91. The van der Waals surface area contributed by atoms with E-state index in [0.29, 0.717) is 0 Å². The van der Waals surface area contributed by atoms with Gasteiger partial charge in [-0.05, 0) is 30.4 Å². The predicted octanol–water partition coefficient (Wildman–Crippen LogP) is 1.12. The van der Waals surface area contributed by atoms with E-state index < -0.39 is 0 Å². The molecule has 3 heteroatoms. The normalized spacial score (nSPS) is 26.8. The number of nitrogens with zero attached hydrogens (tertiary/aromatic N) is 1. The van der Waals surface area contributed by atoms with Gasteiger partial charge >= 0.3 is 0 Å². The number of nitrogens with one attached hydrogen (secondary N) is 1. The zero-order valence-electron chi connectivity index (χ0n) is 10.1. The quantitative estimate of drug-likeness (QED) is 0.802. The van der Waals surface area contributed by atoms with Crippen molar-refractivity contribution in [1.29, 1.82) is 0 Å². The summed E-state index contributed by atoms with van der Waals surface area (Å²) in [6.45, 7) is 2.97. The maximum absolute atomic E-state index is 10.4. The van der Waals surface area contributed by atoms with Crippen LogP contribution < -0.4 is 5.32 Å². The van der Waals surface area contributed by atoms with Crippen molar-refractivity contribution in [3.63, 3.8) is 0 Å². The van der Waals surface area contributed by atoms with Gasteiger partial charge in [0.1, 0.15) is 6.23 Å². The molecule has 2 N–H and O–H groups in total. The van der Waals surface area contributed by atoms with Crippen molar-refractivity contribution in [3.8, 4) is 0 Å². The number of aliphatic hydroxyl groups is 1. The topological polar surface area (TPSA) is 35.5 Å². The van der Waals surface area contributed by atoms with Gasteiger partial charge in [-0.25, -0.2) is 0 Å². The second-order valence-corrected chi connectivity index (χ2v) is 5.12. The Balaban J connectivity index is 1.70. The van der Waals surface area contributed by atoms with Crippen LogP contribution in [0.1, 0.15) is 24.0 Å². The molecule has 1 fully saturated rings. The lowest BCUT2D eigenvalue weighted by Gasteiger charge is -2.34. The molecule has 1 unspecified atom stereocenters. The van der Waals surface area contributed by atoms with Crippen molar-refractivity contribution in [2.24, 2.45) is 0 Å². The maximum Gasteiger partial charge on any atom is 0.123 e. The molecular weight excluding hydrogens is 212 g/mol. The van der Waals surface area contributed by atoms with Crippen LogP contribution >= 0.6 is 0 Å². The second kappa shape index (κ2) is 4.77. The van der Waals surface area contributed by atoms with Gasteiger partial charge in [0.2, 0.25) is 0 Å². The summed E-state index contributed by atoms with van der Waals surface area (Å²) in [6, 6.07) is 8.70. The number of fused-ring (bicyclic) bond motifs is 1. The van der Waals surface area contributed by atoms with E-state index in [2.05, 4.69) is 34.5 Å². The lowest BCUT2D eigenvalue weighted by Crippen LogP contribution is -2.51. The zero-order valence-corrected chi connectivity index (χ0v) is 10.1. The van der Waals surface area contributed by atoms with Gasteiger partial charge in [-0.1, -0.05) is 24.3 Å². The monoisotopic (exact) mass is 232 g/mol. The lowest BCUT2D eigenvalue weighted by molar-refractivity contribution is -0.0120. The summed E-state index contributed by atoms with van der Waals surface area (Å²) in [5, 5.41) is 13.8. The standard InChI is InChI=1S/C14H20N2O/c17-14(16-7-3-4-8-16)13-9-11-5-1-2-6-12(11)10-15-13/h1-2,5-6,13-15,17H,3-4,7-10H2/t13?,14-/m1/s1. The van der Waals surface area contributed by atoms with Gasteiger partial charge in [-0.2, -0.15) is 0 Å². The largest absolute Gasteiger partial charge is 0.377 e. The molecule has 1 saturated heterocycles. The van der Waals surface area contributed by atoms with Crippen molar-refractivity contribution in [3.05, 3.63) is 35.4 Å². The molecule has 2 atom stereocenters. The highest BCUT2D eigenvalue weighted by atomic mass is 16.3. The molecule has 1 aromatic rings. The minimum Gasteiger partial charge on any atom is -0.377 e. The summed E-state index contributed by atoms with van der Waals surface area (Å²) in [5.41, 5.74) is 2.76. The smallest absolute Gasteiger partial charge is 0.123 e. The van der Waals surface area contributed by atoms with Crippen LogP contribution in [0.5, 0.6) is 0 Å². The van der Waals surface area contributed by atoms with Gasteiger partial charge in [-0.3, -0.25) is 4.90 Å². The fourth-order valence-corrected chi connectivity index (χ4v) is 2.95. The van der Waals surface area contributed by atoms with Crippen molar-refractivity contribution in [2.75, 3.05) is 13.1 Å². The van der Waals surface area contributed by atoms with E-state index in [9.17, 15) is 5.11 Å². The van der Waals surface area contributed by atoms with Crippen molar-refractivity contribution >= 4 is 0 Å². The van der Waals surface area contributed by atoms with Crippen LogP contribution in [0.2, 0.25) is 0 Å². The molecule has 3 rings (SSSR count). The molecule has 1 aromatic carbocycles. The minimum absolute atomic E-state index is 0.183. The number of hydrogen-bond donors (Lipinski definition) is 2. The molecule has 0 bridgehead atoms. The van der Waals surface area contributed by atoms with E-state index in [1.54, 1.807) is 0 Å². The highest BCUT2D eigenvalue weighted by Crippen LogP contribution is 2.21. The Morgan fingerprint density at radius 2 is 1.88 bits per heavy atom. The molecule has 2 aliphatic rings. The predicted molar refractivity (Wildman–Crippen MR) is 67.6 cm³/mol. The SMILES string of the molecule is O[C@H](C1Cc2ccccc2CN1)N1CCCC1. The molecule has 0 aromatic heterocycles. The van der Waals surface area contributed by atoms with Gasteiger partial charge in [0.15, 0.2) is 0 Å². The number of likely N-dealkylation sites (tertiary alicyclic amines) is 1. The Morgan fingerprint density at radius 3 is 2.65 bits per heavy atom. The molecule has 0 radical (unpaired) electrons.